The first-order chi connectivity index (χ1) is 15.0. The summed E-state index contributed by atoms with van der Waals surface area (Å²) in [7, 11) is 1.68. The zero-order valence-electron chi connectivity index (χ0n) is 17.6. The number of nitrogens with zero attached hydrogens (tertiary/aromatic N) is 5. The van der Waals surface area contributed by atoms with Gasteiger partial charge in [0.15, 0.2) is 0 Å². The number of carbonyl (C=O) groups is 1. The standard InChI is InChI=1S/C24H22N6O/c1-4-17-9-11-18(12-10-17)22-20(15-30(28-22)21-8-6-5-7-16(21)2)24(31)27-23-19(13-25)14-26-29(23)3/h5-12,14-15H,4H2,1-3H3,(H,27,31). The second-order valence-electron chi connectivity index (χ2n) is 7.27. The second kappa shape index (κ2) is 8.28. The summed E-state index contributed by atoms with van der Waals surface area (Å²) in [4.78, 5) is 13.3. The van der Waals surface area contributed by atoms with E-state index in [2.05, 4.69) is 23.4 Å². The van der Waals surface area contributed by atoms with Gasteiger partial charge in [0.1, 0.15) is 23.1 Å². The number of hydrogen-bond donors (Lipinski definition) is 1. The molecule has 2 aromatic carbocycles. The van der Waals surface area contributed by atoms with E-state index in [0.717, 1.165) is 23.2 Å². The van der Waals surface area contributed by atoms with Crippen molar-refractivity contribution in [3.63, 3.8) is 0 Å². The van der Waals surface area contributed by atoms with Crippen molar-refractivity contribution in [2.75, 3.05) is 5.32 Å². The number of nitrogens with one attached hydrogen (secondary N) is 1. The van der Waals surface area contributed by atoms with Crippen LogP contribution >= 0.6 is 0 Å². The normalized spacial score (nSPS) is 10.6. The van der Waals surface area contributed by atoms with E-state index in [-0.39, 0.29) is 5.91 Å². The molecule has 0 aliphatic carbocycles. The van der Waals surface area contributed by atoms with Crippen LogP contribution in [0.5, 0.6) is 0 Å². The minimum absolute atomic E-state index is 0.302. The second-order valence-corrected chi connectivity index (χ2v) is 7.27. The average molecular weight is 410 g/mol. The maximum absolute atomic E-state index is 13.3. The van der Waals surface area contributed by atoms with E-state index in [9.17, 15) is 10.1 Å². The third-order valence-corrected chi connectivity index (χ3v) is 5.25. The molecule has 0 unspecified atom stereocenters. The highest BCUT2D eigenvalue weighted by atomic mass is 16.1. The number of amides is 1. The van der Waals surface area contributed by atoms with Gasteiger partial charge in [-0.1, -0.05) is 49.4 Å². The number of carbonyl (C=O) groups excluding carboxylic acids is 1. The maximum Gasteiger partial charge on any atom is 0.260 e. The zero-order valence-corrected chi connectivity index (χ0v) is 17.6. The summed E-state index contributed by atoms with van der Waals surface area (Å²) in [5, 5.41) is 20.9. The Labute approximate surface area is 180 Å². The van der Waals surface area contributed by atoms with Crippen molar-refractivity contribution in [2.45, 2.75) is 20.3 Å². The molecule has 7 nitrogen and oxygen atoms in total. The molecule has 0 fully saturated rings. The lowest BCUT2D eigenvalue weighted by molar-refractivity contribution is 0.102. The lowest BCUT2D eigenvalue weighted by Crippen LogP contribution is -2.15. The first kappa shape index (κ1) is 20.1. The van der Waals surface area contributed by atoms with Gasteiger partial charge in [-0.25, -0.2) is 4.68 Å². The summed E-state index contributed by atoms with van der Waals surface area (Å²) in [5.41, 5.74) is 5.29. The smallest absolute Gasteiger partial charge is 0.260 e. The highest BCUT2D eigenvalue weighted by molar-refractivity contribution is 6.08. The molecule has 2 heterocycles. The molecule has 0 spiro atoms. The Balaban J connectivity index is 1.81. The lowest BCUT2D eigenvalue weighted by atomic mass is 10.0. The Bertz CT molecular complexity index is 1290. The Morgan fingerprint density at radius 2 is 1.90 bits per heavy atom. The third-order valence-electron chi connectivity index (χ3n) is 5.25. The average Bonchev–Trinajstić information content (AvgIpc) is 3.38. The molecule has 0 saturated heterocycles. The predicted octanol–water partition coefficient (Wildman–Crippen LogP) is 4.27. The van der Waals surface area contributed by atoms with E-state index in [4.69, 9.17) is 5.10 Å². The fraction of sp³-hybridized carbons (Fsp3) is 0.167. The summed E-state index contributed by atoms with van der Waals surface area (Å²) < 4.78 is 3.19. The van der Waals surface area contributed by atoms with Crippen LogP contribution in [0, 0.1) is 18.3 Å². The van der Waals surface area contributed by atoms with Gasteiger partial charge in [-0.05, 0) is 30.5 Å². The van der Waals surface area contributed by atoms with E-state index in [1.54, 1.807) is 17.9 Å². The van der Waals surface area contributed by atoms with Crippen molar-refractivity contribution in [3.8, 4) is 23.0 Å². The molecular weight excluding hydrogens is 388 g/mol. The molecule has 0 radical (unpaired) electrons. The van der Waals surface area contributed by atoms with Crippen LogP contribution in [-0.2, 0) is 13.5 Å². The molecule has 154 valence electrons. The number of aryl methyl sites for hydroxylation is 3. The molecule has 0 saturated carbocycles. The summed E-state index contributed by atoms with van der Waals surface area (Å²) >= 11 is 0. The fourth-order valence-electron chi connectivity index (χ4n) is 3.44. The van der Waals surface area contributed by atoms with Crippen molar-refractivity contribution in [1.29, 1.82) is 5.26 Å². The van der Waals surface area contributed by atoms with Crippen LogP contribution in [0.1, 0.15) is 34.0 Å². The molecule has 4 rings (SSSR count). The molecular formula is C24H22N6O. The molecule has 4 aromatic rings. The summed E-state index contributed by atoms with van der Waals surface area (Å²) in [6, 6.07) is 18.0. The minimum atomic E-state index is -0.352. The van der Waals surface area contributed by atoms with Crippen molar-refractivity contribution in [3.05, 3.63) is 83.2 Å². The quantitative estimate of drug-likeness (QED) is 0.532. The Morgan fingerprint density at radius 1 is 1.16 bits per heavy atom. The summed E-state index contributed by atoms with van der Waals surface area (Å²) in [5.74, 6) is -0.00192. The molecule has 0 bridgehead atoms. The molecule has 1 amide bonds. The van der Waals surface area contributed by atoms with Crippen molar-refractivity contribution in [1.82, 2.24) is 19.6 Å². The van der Waals surface area contributed by atoms with E-state index in [1.165, 1.54) is 16.4 Å². The van der Waals surface area contributed by atoms with Gasteiger partial charge in [-0.3, -0.25) is 9.48 Å². The van der Waals surface area contributed by atoms with E-state index in [1.807, 2.05) is 55.5 Å². The Hall–Kier alpha value is -4.18. The molecule has 0 aliphatic rings. The number of para-hydroxylation sites is 1. The molecule has 2 aromatic heterocycles. The lowest BCUT2D eigenvalue weighted by Gasteiger charge is -2.06. The fourth-order valence-corrected chi connectivity index (χ4v) is 3.44. The van der Waals surface area contributed by atoms with Crippen molar-refractivity contribution >= 4 is 11.7 Å². The number of benzene rings is 2. The number of aromatic nitrogens is 4. The number of hydrogen-bond acceptors (Lipinski definition) is 4. The maximum atomic E-state index is 13.3. The van der Waals surface area contributed by atoms with Crippen LogP contribution < -0.4 is 5.32 Å². The molecule has 0 aliphatic heterocycles. The molecule has 7 heteroatoms. The van der Waals surface area contributed by atoms with Crippen LogP contribution in [0.3, 0.4) is 0 Å². The highest BCUT2D eigenvalue weighted by Crippen LogP contribution is 2.26. The highest BCUT2D eigenvalue weighted by Gasteiger charge is 2.21. The van der Waals surface area contributed by atoms with Gasteiger partial charge in [0, 0.05) is 18.8 Å². The van der Waals surface area contributed by atoms with Crippen LogP contribution in [0.15, 0.2) is 60.9 Å². The van der Waals surface area contributed by atoms with Crippen molar-refractivity contribution < 1.29 is 4.79 Å². The van der Waals surface area contributed by atoms with Crippen molar-refractivity contribution in [2.24, 2.45) is 7.05 Å². The zero-order chi connectivity index (χ0) is 22.0. The minimum Gasteiger partial charge on any atom is -0.306 e. The number of anilines is 1. The van der Waals surface area contributed by atoms with Gasteiger partial charge in [0.25, 0.3) is 5.91 Å². The Morgan fingerprint density at radius 3 is 2.58 bits per heavy atom. The van der Waals surface area contributed by atoms with Gasteiger partial charge >= 0.3 is 0 Å². The van der Waals surface area contributed by atoms with E-state index >= 15 is 0 Å². The summed E-state index contributed by atoms with van der Waals surface area (Å²) in [6.45, 7) is 4.10. The van der Waals surface area contributed by atoms with Gasteiger partial charge in [-0.15, -0.1) is 0 Å². The largest absolute Gasteiger partial charge is 0.306 e. The first-order valence-electron chi connectivity index (χ1n) is 10.00. The molecule has 31 heavy (non-hydrogen) atoms. The van der Waals surface area contributed by atoms with E-state index in [0.29, 0.717) is 22.6 Å². The molecule has 1 N–H and O–H groups in total. The summed E-state index contributed by atoms with van der Waals surface area (Å²) in [6.07, 6.45) is 4.09. The van der Waals surface area contributed by atoms with Crippen LogP contribution in [0.4, 0.5) is 5.82 Å². The van der Waals surface area contributed by atoms with Crippen LogP contribution in [0.25, 0.3) is 16.9 Å². The topological polar surface area (TPSA) is 88.5 Å². The third kappa shape index (κ3) is 3.83. The predicted molar refractivity (Wildman–Crippen MR) is 119 cm³/mol. The SMILES string of the molecule is CCc1ccc(-c2nn(-c3ccccc3C)cc2C(=O)Nc2c(C#N)cnn2C)cc1. The van der Waals surface area contributed by atoms with Gasteiger partial charge in [-0.2, -0.15) is 15.5 Å². The first-order valence-corrected chi connectivity index (χ1v) is 10.00. The molecule has 0 atom stereocenters. The number of nitriles is 1. The van der Waals surface area contributed by atoms with Crippen LogP contribution in [-0.4, -0.2) is 25.5 Å². The Kier molecular flexibility index (Phi) is 5.37. The number of rotatable bonds is 5. The van der Waals surface area contributed by atoms with E-state index < -0.39 is 0 Å². The van der Waals surface area contributed by atoms with Gasteiger partial charge in [0.2, 0.25) is 0 Å². The van der Waals surface area contributed by atoms with Gasteiger partial charge < -0.3 is 5.32 Å². The van der Waals surface area contributed by atoms with Gasteiger partial charge in [0.05, 0.1) is 17.4 Å². The van der Waals surface area contributed by atoms with Crippen LogP contribution in [0.2, 0.25) is 0 Å². The monoisotopic (exact) mass is 410 g/mol.